The summed E-state index contributed by atoms with van der Waals surface area (Å²) in [7, 11) is 0. The average Bonchev–Trinajstić information content (AvgIpc) is 2.79. The van der Waals surface area contributed by atoms with E-state index in [1.165, 1.54) is 56.2 Å². The van der Waals surface area contributed by atoms with Gasteiger partial charge in [0.1, 0.15) is 0 Å². The molecule has 0 radical (unpaired) electrons. The van der Waals surface area contributed by atoms with Crippen molar-refractivity contribution in [1.82, 2.24) is 0 Å². The van der Waals surface area contributed by atoms with Crippen LogP contribution in [0.3, 0.4) is 0 Å². The first-order chi connectivity index (χ1) is 15.0. The summed E-state index contributed by atoms with van der Waals surface area (Å²) in [4.78, 5) is 0. The Morgan fingerprint density at radius 3 is 2.19 bits per heavy atom. The van der Waals surface area contributed by atoms with Crippen molar-refractivity contribution in [1.29, 1.82) is 0 Å². The molecule has 2 aromatic rings. The fraction of sp³-hybridized carbons (Fsp3) is 0.600. The zero-order chi connectivity index (χ0) is 21.8. The highest BCUT2D eigenvalue weighted by Gasteiger charge is 2.40. The number of hydrogen-bond acceptors (Lipinski definition) is 1. The molecule has 0 heterocycles. The van der Waals surface area contributed by atoms with Gasteiger partial charge in [-0.05, 0) is 104 Å². The SMILES string of the molecule is CCCNc1ccc(C2CCC(C)C(C3CC(C)CCC3c3ccc(C)cc3)C2)cc1. The molecular formula is C30H43N. The van der Waals surface area contributed by atoms with E-state index in [0.29, 0.717) is 0 Å². The summed E-state index contributed by atoms with van der Waals surface area (Å²) in [5.74, 6) is 4.91. The number of rotatable bonds is 6. The molecule has 0 spiro atoms. The smallest absolute Gasteiger partial charge is 0.0340 e. The predicted molar refractivity (Wildman–Crippen MR) is 135 cm³/mol. The highest BCUT2D eigenvalue weighted by Crippen LogP contribution is 2.52. The normalized spacial score (nSPS) is 31.4. The Kier molecular flexibility index (Phi) is 7.41. The highest BCUT2D eigenvalue weighted by molar-refractivity contribution is 5.45. The molecule has 6 atom stereocenters. The van der Waals surface area contributed by atoms with Gasteiger partial charge in [-0.25, -0.2) is 0 Å². The quantitative estimate of drug-likeness (QED) is 0.496. The second kappa shape index (κ2) is 10.2. The topological polar surface area (TPSA) is 12.0 Å². The first-order valence-corrected chi connectivity index (χ1v) is 13.0. The molecule has 0 aromatic heterocycles. The Hall–Kier alpha value is -1.76. The van der Waals surface area contributed by atoms with Gasteiger partial charge in [-0.15, -0.1) is 0 Å². The van der Waals surface area contributed by atoms with Gasteiger partial charge in [0.15, 0.2) is 0 Å². The first-order valence-electron chi connectivity index (χ1n) is 13.0. The van der Waals surface area contributed by atoms with Crippen molar-refractivity contribution in [3.8, 4) is 0 Å². The molecule has 1 nitrogen and oxygen atoms in total. The lowest BCUT2D eigenvalue weighted by Gasteiger charge is -2.46. The van der Waals surface area contributed by atoms with E-state index < -0.39 is 0 Å². The largest absolute Gasteiger partial charge is 0.385 e. The van der Waals surface area contributed by atoms with Crippen molar-refractivity contribution >= 4 is 5.69 Å². The van der Waals surface area contributed by atoms with Gasteiger partial charge < -0.3 is 5.32 Å². The van der Waals surface area contributed by atoms with Crippen molar-refractivity contribution in [3.63, 3.8) is 0 Å². The van der Waals surface area contributed by atoms with E-state index in [1.54, 1.807) is 11.1 Å². The van der Waals surface area contributed by atoms with Crippen molar-refractivity contribution in [2.24, 2.45) is 23.7 Å². The minimum Gasteiger partial charge on any atom is -0.385 e. The molecule has 0 amide bonds. The van der Waals surface area contributed by atoms with Gasteiger partial charge in [-0.3, -0.25) is 0 Å². The number of hydrogen-bond donors (Lipinski definition) is 1. The minimum absolute atomic E-state index is 0.734. The van der Waals surface area contributed by atoms with Crippen molar-refractivity contribution in [3.05, 3.63) is 65.2 Å². The van der Waals surface area contributed by atoms with Gasteiger partial charge in [0.2, 0.25) is 0 Å². The number of benzene rings is 2. The van der Waals surface area contributed by atoms with Crippen LogP contribution >= 0.6 is 0 Å². The molecular weight excluding hydrogens is 374 g/mol. The van der Waals surface area contributed by atoms with Gasteiger partial charge in [0.05, 0.1) is 0 Å². The lowest BCUT2D eigenvalue weighted by atomic mass is 9.59. The molecule has 0 aliphatic heterocycles. The molecule has 2 aliphatic carbocycles. The van der Waals surface area contributed by atoms with E-state index in [1.807, 2.05) is 0 Å². The van der Waals surface area contributed by atoms with Crippen LogP contribution in [0.1, 0.15) is 94.2 Å². The summed E-state index contributed by atoms with van der Waals surface area (Å²) in [5, 5.41) is 3.52. The Labute approximate surface area is 191 Å². The Bertz CT molecular complexity index is 805. The molecule has 1 heteroatoms. The van der Waals surface area contributed by atoms with Crippen LogP contribution in [0.4, 0.5) is 5.69 Å². The van der Waals surface area contributed by atoms with Crippen LogP contribution in [-0.4, -0.2) is 6.54 Å². The zero-order valence-corrected chi connectivity index (χ0v) is 20.2. The molecule has 0 saturated heterocycles. The molecule has 2 fully saturated rings. The van der Waals surface area contributed by atoms with Crippen LogP contribution in [0.25, 0.3) is 0 Å². The molecule has 2 aliphatic rings. The Morgan fingerprint density at radius 2 is 1.48 bits per heavy atom. The number of nitrogens with one attached hydrogen (secondary N) is 1. The van der Waals surface area contributed by atoms with Crippen LogP contribution in [0.5, 0.6) is 0 Å². The first kappa shape index (κ1) is 22.4. The fourth-order valence-corrected chi connectivity index (χ4v) is 6.52. The van der Waals surface area contributed by atoms with Crippen LogP contribution in [0, 0.1) is 30.6 Å². The Morgan fingerprint density at radius 1 is 0.774 bits per heavy atom. The van der Waals surface area contributed by atoms with Crippen LogP contribution in [0.15, 0.2) is 48.5 Å². The predicted octanol–water partition coefficient (Wildman–Crippen LogP) is 8.56. The maximum atomic E-state index is 3.52. The minimum atomic E-state index is 0.734. The second-order valence-electron chi connectivity index (χ2n) is 10.8. The molecule has 6 unspecified atom stereocenters. The molecule has 168 valence electrons. The van der Waals surface area contributed by atoms with Gasteiger partial charge in [-0.1, -0.05) is 69.2 Å². The number of anilines is 1. The summed E-state index contributed by atoms with van der Waals surface area (Å²) in [5.41, 5.74) is 5.82. The lowest BCUT2D eigenvalue weighted by Crippen LogP contribution is -2.35. The summed E-state index contributed by atoms with van der Waals surface area (Å²) < 4.78 is 0. The van der Waals surface area contributed by atoms with Crippen molar-refractivity contribution in [2.45, 2.75) is 84.5 Å². The Balaban J connectivity index is 1.52. The molecule has 31 heavy (non-hydrogen) atoms. The standard InChI is InChI=1S/C30H43N/c1-5-18-31-27-15-13-24(14-16-27)26-12-9-23(4)29(20-26)30-19-22(3)8-17-28(30)25-10-6-21(2)7-11-25/h6-7,10-11,13-16,22-23,26,28-31H,5,8-9,12,17-20H2,1-4H3. The van der Waals surface area contributed by atoms with Crippen molar-refractivity contribution in [2.75, 3.05) is 11.9 Å². The summed E-state index contributed by atoms with van der Waals surface area (Å²) in [6.45, 7) is 10.5. The molecule has 0 bridgehead atoms. The number of aryl methyl sites for hydroxylation is 1. The summed E-state index contributed by atoms with van der Waals surface area (Å²) in [6.07, 6.45) is 9.48. The maximum Gasteiger partial charge on any atom is 0.0340 e. The third-order valence-electron chi connectivity index (χ3n) is 8.44. The van der Waals surface area contributed by atoms with Gasteiger partial charge in [0, 0.05) is 12.2 Å². The molecule has 2 aromatic carbocycles. The second-order valence-corrected chi connectivity index (χ2v) is 10.8. The van der Waals surface area contributed by atoms with Crippen LogP contribution < -0.4 is 5.32 Å². The van der Waals surface area contributed by atoms with E-state index in [-0.39, 0.29) is 0 Å². The van der Waals surface area contributed by atoms with Crippen LogP contribution in [0.2, 0.25) is 0 Å². The maximum absolute atomic E-state index is 3.52. The molecule has 2 saturated carbocycles. The monoisotopic (exact) mass is 417 g/mol. The average molecular weight is 418 g/mol. The fourth-order valence-electron chi connectivity index (χ4n) is 6.52. The van der Waals surface area contributed by atoms with Gasteiger partial charge >= 0.3 is 0 Å². The highest BCUT2D eigenvalue weighted by atomic mass is 14.9. The van der Waals surface area contributed by atoms with Crippen molar-refractivity contribution < 1.29 is 0 Å². The lowest BCUT2D eigenvalue weighted by molar-refractivity contribution is 0.0912. The van der Waals surface area contributed by atoms with E-state index in [0.717, 1.165) is 42.1 Å². The zero-order valence-electron chi connectivity index (χ0n) is 20.2. The van der Waals surface area contributed by atoms with E-state index in [4.69, 9.17) is 0 Å². The summed E-state index contributed by atoms with van der Waals surface area (Å²) in [6, 6.07) is 18.9. The third-order valence-corrected chi connectivity index (χ3v) is 8.44. The molecule has 4 rings (SSSR count). The van der Waals surface area contributed by atoms with E-state index in [2.05, 4.69) is 81.5 Å². The van der Waals surface area contributed by atoms with E-state index in [9.17, 15) is 0 Å². The van der Waals surface area contributed by atoms with Gasteiger partial charge in [0.25, 0.3) is 0 Å². The summed E-state index contributed by atoms with van der Waals surface area (Å²) >= 11 is 0. The van der Waals surface area contributed by atoms with E-state index >= 15 is 0 Å². The molecule has 1 N–H and O–H groups in total. The third kappa shape index (κ3) is 5.36. The van der Waals surface area contributed by atoms with Crippen LogP contribution in [-0.2, 0) is 0 Å². The van der Waals surface area contributed by atoms with Gasteiger partial charge in [-0.2, -0.15) is 0 Å².